The molecule has 0 fully saturated rings. The van der Waals surface area contributed by atoms with Crippen LogP contribution in [0.3, 0.4) is 0 Å². The topological polar surface area (TPSA) is 63.6 Å². The van der Waals surface area contributed by atoms with Crippen LogP contribution in [0.25, 0.3) is 0 Å². The Morgan fingerprint density at radius 2 is 2.13 bits per heavy atom. The normalized spacial score (nSPS) is 11.4. The summed E-state index contributed by atoms with van der Waals surface area (Å²) in [6.07, 6.45) is 0. The summed E-state index contributed by atoms with van der Waals surface area (Å²) in [5, 5.41) is 9.61. The molecule has 0 heterocycles. The molecule has 0 spiro atoms. The molecule has 0 amide bonds. The van der Waals surface area contributed by atoms with E-state index in [1.165, 1.54) is 19.2 Å². The van der Waals surface area contributed by atoms with E-state index >= 15 is 0 Å². The summed E-state index contributed by atoms with van der Waals surface area (Å²) in [4.78, 5) is 0. The monoisotopic (exact) mass is 314 g/mol. The van der Waals surface area contributed by atoms with E-state index in [0.29, 0.717) is 4.47 Å². The number of ether oxygens (including phenoxy) is 1. The number of benzene rings is 1. The van der Waals surface area contributed by atoms with Crippen LogP contribution in [-0.2, 0) is 14.8 Å². The predicted octanol–water partition coefficient (Wildman–Crippen LogP) is 2.23. The molecule has 0 aliphatic heterocycles. The second-order valence-electron chi connectivity index (χ2n) is 2.80. The quantitative estimate of drug-likeness (QED) is 0.869. The first-order valence-corrected chi connectivity index (χ1v) is 7.08. The minimum absolute atomic E-state index is 0.191. The molecule has 0 aliphatic rings. The first kappa shape index (κ1) is 12.6. The third kappa shape index (κ3) is 3.55. The van der Waals surface area contributed by atoms with Crippen LogP contribution in [0.4, 0.5) is 0 Å². The van der Waals surface area contributed by atoms with Crippen molar-refractivity contribution in [2.45, 2.75) is 5.75 Å². The summed E-state index contributed by atoms with van der Waals surface area (Å²) >= 11 is 3.17. The molecular weight excluding hydrogens is 308 g/mol. The molecule has 0 saturated heterocycles. The summed E-state index contributed by atoms with van der Waals surface area (Å²) in [6.45, 7) is 0. The first-order chi connectivity index (χ1) is 6.83. The molecule has 0 radical (unpaired) electrons. The highest BCUT2D eigenvalue weighted by Gasteiger charge is 2.15. The van der Waals surface area contributed by atoms with Gasteiger partial charge in [-0.25, -0.2) is 8.42 Å². The number of halogens is 2. The fourth-order valence-electron chi connectivity index (χ4n) is 1.08. The average molecular weight is 316 g/mol. The zero-order valence-electron chi connectivity index (χ0n) is 7.70. The van der Waals surface area contributed by atoms with E-state index in [4.69, 9.17) is 15.4 Å². The van der Waals surface area contributed by atoms with Crippen LogP contribution in [0.5, 0.6) is 11.5 Å². The van der Waals surface area contributed by atoms with Gasteiger partial charge in [0, 0.05) is 20.7 Å². The van der Waals surface area contributed by atoms with Crippen LogP contribution in [0.2, 0.25) is 0 Å². The van der Waals surface area contributed by atoms with Crippen molar-refractivity contribution < 1.29 is 18.3 Å². The Labute approximate surface area is 100 Å². The van der Waals surface area contributed by atoms with Gasteiger partial charge in [0.2, 0.25) is 9.05 Å². The number of methoxy groups -OCH3 is 1. The van der Waals surface area contributed by atoms with Gasteiger partial charge < -0.3 is 9.84 Å². The maximum atomic E-state index is 10.9. The fourth-order valence-corrected chi connectivity index (χ4v) is 2.51. The largest absolute Gasteiger partial charge is 0.504 e. The van der Waals surface area contributed by atoms with Gasteiger partial charge in [-0.2, -0.15) is 0 Å². The standard InChI is InChI=1S/C8H8BrClO4S/c1-14-7-3-6(9)2-5(8(7)11)4-15(10,12)13/h2-3,11H,4H2,1H3. The van der Waals surface area contributed by atoms with Crippen molar-refractivity contribution in [1.82, 2.24) is 0 Å². The number of phenolic OH excluding ortho intramolecular Hbond substituents is 1. The smallest absolute Gasteiger partial charge is 0.236 e. The van der Waals surface area contributed by atoms with Crippen molar-refractivity contribution in [2.24, 2.45) is 0 Å². The summed E-state index contributed by atoms with van der Waals surface area (Å²) < 4.78 is 27.2. The number of hydrogen-bond donors (Lipinski definition) is 1. The Bertz CT molecular complexity index is 472. The van der Waals surface area contributed by atoms with Crippen LogP contribution < -0.4 is 4.74 Å². The molecule has 1 rings (SSSR count). The van der Waals surface area contributed by atoms with Gasteiger partial charge in [0.25, 0.3) is 0 Å². The SMILES string of the molecule is COc1cc(Br)cc(CS(=O)(=O)Cl)c1O. The van der Waals surface area contributed by atoms with Crippen molar-refractivity contribution in [3.8, 4) is 11.5 Å². The highest BCUT2D eigenvalue weighted by molar-refractivity contribution is 9.10. The minimum atomic E-state index is -3.71. The molecule has 0 atom stereocenters. The van der Waals surface area contributed by atoms with Crippen LogP contribution >= 0.6 is 26.6 Å². The molecule has 1 aromatic carbocycles. The Kier molecular flexibility index (Phi) is 3.86. The van der Waals surface area contributed by atoms with Crippen LogP contribution in [-0.4, -0.2) is 20.6 Å². The van der Waals surface area contributed by atoms with Gasteiger partial charge in [-0.15, -0.1) is 0 Å². The van der Waals surface area contributed by atoms with Crippen molar-refractivity contribution >= 4 is 35.7 Å². The second-order valence-corrected chi connectivity index (χ2v) is 6.49. The highest BCUT2D eigenvalue weighted by Crippen LogP contribution is 2.34. The highest BCUT2D eigenvalue weighted by atomic mass is 79.9. The van der Waals surface area contributed by atoms with E-state index in [1.807, 2.05) is 0 Å². The van der Waals surface area contributed by atoms with Crippen molar-refractivity contribution in [2.75, 3.05) is 7.11 Å². The van der Waals surface area contributed by atoms with Crippen molar-refractivity contribution in [3.63, 3.8) is 0 Å². The van der Waals surface area contributed by atoms with Crippen LogP contribution in [0, 0.1) is 0 Å². The molecule has 1 N–H and O–H groups in total. The van der Waals surface area contributed by atoms with Gasteiger partial charge in [0.05, 0.1) is 12.9 Å². The lowest BCUT2D eigenvalue weighted by Gasteiger charge is -2.08. The Morgan fingerprint density at radius 1 is 1.53 bits per heavy atom. The molecule has 4 nitrogen and oxygen atoms in total. The fraction of sp³-hybridized carbons (Fsp3) is 0.250. The van der Waals surface area contributed by atoms with Crippen molar-refractivity contribution in [3.05, 3.63) is 22.2 Å². The Morgan fingerprint density at radius 3 is 2.60 bits per heavy atom. The molecule has 0 saturated carbocycles. The zero-order chi connectivity index (χ0) is 11.6. The molecular formula is C8H8BrClO4S. The molecule has 7 heteroatoms. The van der Waals surface area contributed by atoms with Crippen molar-refractivity contribution in [1.29, 1.82) is 0 Å². The maximum absolute atomic E-state index is 10.9. The Balaban J connectivity index is 3.24. The molecule has 15 heavy (non-hydrogen) atoms. The van der Waals surface area contributed by atoms with E-state index in [0.717, 1.165) is 0 Å². The van der Waals surface area contributed by atoms with E-state index < -0.39 is 14.8 Å². The van der Waals surface area contributed by atoms with Gasteiger partial charge >= 0.3 is 0 Å². The molecule has 84 valence electrons. The van der Waals surface area contributed by atoms with Gasteiger partial charge in [-0.3, -0.25) is 0 Å². The number of phenols is 1. The lowest BCUT2D eigenvalue weighted by atomic mass is 10.2. The van der Waals surface area contributed by atoms with Crippen LogP contribution in [0.15, 0.2) is 16.6 Å². The van der Waals surface area contributed by atoms with Gasteiger partial charge in [0.15, 0.2) is 11.5 Å². The van der Waals surface area contributed by atoms with Gasteiger partial charge in [0.1, 0.15) is 0 Å². The molecule has 0 unspecified atom stereocenters. The van der Waals surface area contributed by atoms with E-state index in [9.17, 15) is 13.5 Å². The summed E-state index contributed by atoms with van der Waals surface area (Å²) in [5.74, 6) is -0.472. The number of hydrogen-bond acceptors (Lipinski definition) is 4. The van der Waals surface area contributed by atoms with E-state index in [-0.39, 0.29) is 17.1 Å². The van der Waals surface area contributed by atoms with E-state index in [2.05, 4.69) is 15.9 Å². The maximum Gasteiger partial charge on any atom is 0.236 e. The lowest BCUT2D eigenvalue weighted by molar-refractivity contribution is 0.371. The van der Waals surface area contributed by atoms with Gasteiger partial charge in [-0.05, 0) is 12.1 Å². The summed E-state index contributed by atoms with van der Waals surface area (Å²) in [5.41, 5.74) is 0.191. The third-order valence-electron chi connectivity index (χ3n) is 1.67. The average Bonchev–Trinajstić information content (AvgIpc) is 2.08. The predicted molar refractivity (Wildman–Crippen MR) is 60.8 cm³/mol. The first-order valence-electron chi connectivity index (χ1n) is 3.81. The second kappa shape index (κ2) is 4.59. The molecule has 1 aromatic rings. The molecule has 0 aromatic heterocycles. The lowest BCUT2D eigenvalue weighted by Crippen LogP contribution is -1.97. The zero-order valence-corrected chi connectivity index (χ0v) is 10.9. The summed E-state index contributed by atoms with van der Waals surface area (Å²) in [6, 6.07) is 3.00. The molecule has 0 bridgehead atoms. The van der Waals surface area contributed by atoms with Crippen LogP contribution in [0.1, 0.15) is 5.56 Å². The van der Waals surface area contributed by atoms with E-state index in [1.54, 1.807) is 0 Å². The Hall–Kier alpha value is -0.460. The summed E-state index contributed by atoms with van der Waals surface area (Å²) in [7, 11) is 2.76. The number of rotatable bonds is 3. The number of aromatic hydroxyl groups is 1. The van der Waals surface area contributed by atoms with Gasteiger partial charge in [-0.1, -0.05) is 15.9 Å². The molecule has 0 aliphatic carbocycles. The third-order valence-corrected chi connectivity index (χ3v) is 3.11. The minimum Gasteiger partial charge on any atom is -0.504 e.